The van der Waals surface area contributed by atoms with Crippen LogP contribution in [0.25, 0.3) is 0 Å². The van der Waals surface area contributed by atoms with E-state index in [-0.39, 0.29) is 0 Å². The normalized spacial score (nSPS) is 23.1. The van der Waals surface area contributed by atoms with Crippen molar-refractivity contribution in [3.05, 3.63) is 22.8 Å². The van der Waals surface area contributed by atoms with Crippen LogP contribution in [-0.2, 0) is 0 Å². The summed E-state index contributed by atoms with van der Waals surface area (Å²) in [6.45, 7) is 0. The lowest BCUT2D eigenvalue weighted by Gasteiger charge is -2.03. The Morgan fingerprint density at radius 2 is 2.56 bits per heavy atom. The molecule has 0 fully saturated rings. The fourth-order valence-electron chi connectivity index (χ4n) is 0.984. The quantitative estimate of drug-likeness (QED) is 0.497. The van der Waals surface area contributed by atoms with Crippen molar-refractivity contribution in [1.82, 2.24) is 0 Å². The maximum absolute atomic E-state index is 4.22. The number of thioether (sulfide) groups is 1. The van der Waals surface area contributed by atoms with Crippen LogP contribution in [0.15, 0.2) is 27.7 Å². The summed E-state index contributed by atoms with van der Waals surface area (Å²) in [6.07, 6.45) is 7.39. The molecule has 0 saturated heterocycles. The van der Waals surface area contributed by atoms with Crippen LogP contribution in [0.2, 0.25) is 0 Å². The Morgan fingerprint density at radius 3 is 3.44 bits per heavy atom. The number of nitrogens with zero attached hydrogens (tertiary/aromatic N) is 1. The van der Waals surface area contributed by atoms with Gasteiger partial charge in [0.05, 0.1) is 5.03 Å². The van der Waals surface area contributed by atoms with Gasteiger partial charge in [0.15, 0.2) is 0 Å². The van der Waals surface area contributed by atoms with E-state index in [9.17, 15) is 0 Å². The topological polar surface area (TPSA) is 12.4 Å². The summed E-state index contributed by atoms with van der Waals surface area (Å²) in [5, 5.41) is 1.23. The molecule has 2 rings (SSSR count). The van der Waals surface area contributed by atoms with Crippen LogP contribution < -0.4 is 0 Å². The fraction of sp³-hybridized carbons (Fsp3) is 0.286. The van der Waals surface area contributed by atoms with Crippen molar-refractivity contribution in [2.45, 2.75) is 6.42 Å². The Hall–Kier alpha value is -0.500. The molecule has 0 unspecified atom stereocenters. The molecule has 0 radical (unpaired) electrons. The van der Waals surface area contributed by atoms with Crippen molar-refractivity contribution in [3.8, 4) is 0 Å². The zero-order chi connectivity index (χ0) is 6.10. The molecule has 0 spiro atoms. The van der Waals surface area contributed by atoms with Gasteiger partial charge in [0.25, 0.3) is 0 Å². The van der Waals surface area contributed by atoms with Crippen molar-refractivity contribution < 1.29 is 0 Å². The van der Waals surface area contributed by atoms with Crippen molar-refractivity contribution in [2.75, 3.05) is 5.75 Å². The van der Waals surface area contributed by atoms with Gasteiger partial charge >= 0.3 is 0 Å². The van der Waals surface area contributed by atoms with Gasteiger partial charge in [-0.05, 0) is 5.57 Å². The van der Waals surface area contributed by atoms with Crippen molar-refractivity contribution >= 4 is 18.0 Å². The molecule has 0 aromatic rings. The van der Waals surface area contributed by atoms with Crippen molar-refractivity contribution in [1.29, 1.82) is 0 Å². The summed E-state index contributed by atoms with van der Waals surface area (Å²) in [5.41, 5.74) is 1.39. The van der Waals surface area contributed by atoms with E-state index in [1.165, 1.54) is 10.6 Å². The number of aliphatic imine (C=N–C) groups is 1. The van der Waals surface area contributed by atoms with Gasteiger partial charge in [-0.15, -0.1) is 11.8 Å². The second kappa shape index (κ2) is 2.03. The van der Waals surface area contributed by atoms with Gasteiger partial charge < -0.3 is 0 Å². The minimum Gasteiger partial charge on any atom is -0.254 e. The molecule has 2 heterocycles. The highest BCUT2D eigenvalue weighted by Gasteiger charge is 2.10. The second-order valence-corrected chi connectivity index (χ2v) is 3.07. The smallest absolute Gasteiger partial charge is 0.0994 e. The first-order chi connectivity index (χ1) is 4.47. The van der Waals surface area contributed by atoms with Gasteiger partial charge in [0.1, 0.15) is 0 Å². The molecule has 0 N–H and O–H groups in total. The molecule has 0 amide bonds. The Balaban J connectivity index is 2.35. The predicted molar refractivity (Wildman–Crippen MR) is 41.7 cm³/mol. The average Bonchev–Trinajstić information content (AvgIpc) is 2.33. The van der Waals surface area contributed by atoms with Gasteiger partial charge in [-0.25, -0.2) is 0 Å². The fourth-order valence-corrected chi connectivity index (χ4v) is 1.82. The molecule has 9 heavy (non-hydrogen) atoms. The summed E-state index contributed by atoms with van der Waals surface area (Å²) in [7, 11) is 0. The molecule has 1 nitrogen and oxygen atoms in total. The van der Waals surface area contributed by atoms with Gasteiger partial charge in [-0.3, -0.25) is 4.99 Å². The third-order valence-corrected chi connectivity index (χ3v) is 2.43. The lowest BCUT2D eigenvalue weighted by molar-refractivity contribution is 1.39. The minimum atomic E-state index is 1.04. The first-order valence-electron chi connectivity index (χ1n) is 3.02. The van der Waals surface area contributed by atoms with E-state index in [1.807, 2.05) is 18.0 Å². The zero-order valence-corrected chi connectivity index (χ0v) is 5.82. The Labute approximate surface area is 58.6 Å². The van der Waals surface area contributed by atoms with E-state index in [0.29, 0.717) is 0 Å². The van der Waals surface area contributed by atoms with Gasteiger partial charge in [0.2, 0.25) is 0 Å². The lowest BCUT2D eigenvalue weighted by Crippen LogP contribution is -1.84. The van der Waals surface area contributed by atoms with Crippen molar-refractivity contribution in [3.63, 3.8) is 0 Å². The van der Waals surface area contributed by atoms with Crippen LogP contribution in [0.5, 0.6) is 0 Å². The first-order valence-corrected chi connectivity index (χ1v) is 4.00. The van der Waals surface area contributed by atoms with E-state index in [4.69, 9.17) is 0 Å². The Bertz CT molecular complexity index is 213. The zero-order valence-electron chi connectivity index (χ0n) is 5.00. The standard InChI is InChI=1S/C7H7NS/c1-2-6-3-4-8-7(6)9-5-1/h1-2,4H,3,5H2. The summed E-state index contributed by atoms with van der Waals surface area (Å²) >= 11 is 1.83. The highest BCUT2D eigenvalue weighted by atomic mass is 32.2. The van der Waals surface area contributed by atoms with E-state index >= 15 is 0 Å². The maximum atomic E-state index is 4.22. The van der Waals surface area contributed by atoms with E-state index in [1.54, 1.807) is 0 Å². The SMILES string of the molecule is C1=CC2=C(N=CC2)SC1. The van der Waals surface area contributed by atoms with Crippen LogP contribution in [0.1, 0.15) is 6.42 Å². The molecule has 2 aliphatic heterocycles. The highest BCUT2D eigenvalue weighted by Crippen LogP contribution is 2.30. The molecular formula is C7H7NS. The summed E-state index contributed by atoms with van der Waals surface area (Å²) in [6, 6.07) is 0. The number of allylic oxidation sites excluding steroid dienone is 2. The number of rotatable bonds is 0. The number of hydrogen-bond donors (Lipinski definition) is 0. The van der Waals surface area contributed by atoms with Crippen LogP contribution in [0.4, 0.5) is 0 Å². The predicted octanol–water partition coefficient (Wildman–Crippen LogP) is 1.98. The van der Waals surface area contributed by atoms with Crippen LogP contribution in [0, 0.1) is 0 Å². The molecule has 2 heteroatoms. The molecule has 0 aromatic heterocycles. The van der Waals surface area contributed by atoms with Crippen LogP contribution >= 0.6 is 11.8 Å². The molecule has 0 saturated carbocycles. The summed E-state index contributed by atoms with van der Waals surface area (Å²) in [5.74, 6) is 1.09. The van der Waals surface area contributed by atoms with Crippen LogP contribution in [0.3, 0.4) is 0 Å². The van der Waals surface area contributed by atoms with Gasteiger partial charge in [-0.1, -0.05) is 12.2 Å². The average molecular weight is 137 g/mol. The largest absolute Gasteiger partial charge is 0.254 e. The third-order valence-electron chi connectivity index (χ3n) is 1.43. The maximum Gasteiger partial charge on any atom is 0.0994 e. The Kier molecular flexibility index (Phi) is 1.19. The third kappa shape index (κ3) is 0.833. The lowest BCUT2D eigenvalue weighted by atomic mass is 10.2. The summed E-state index contributed by atoms with van der Waals surface area (Å²) in [4.78, 5) is 4.22. The first kappa shape index (κ1) is 5.30. The van der Waals surface area contributed by atoms with Gasteiger partial charge in [-0.2, -0.15) is 0 Å². The molecule has 0 aliphatic carbocycles. The molecule has 0 bridgehead atoms. The molecule has 0 atom stereocenters. The molecule has 46 valence electrons. The van der Waals surface area contributed by atoms with E-state index in [0.717, 1.165) is 12.2 Å². The minimum absolute atomic E-state index is 1.04. The molecule has 0 aromatic carbocycles. The van der Waals surface area contributed by atoms with E-state index in [2.05, 4.69) is 17.1 Å². The van der Waals surface area contributed by atoms with Crippen molar-refractivity contribution in [2.24, 2.45) is 4.99 Å². The summed E-state index contributed by atoms with van der Waals surface area (Å²) < 4.78 is 0. The number of hydrogen-bond acceptors (Lipinski definition) is 2. The molecular weight excluding hydrogens is 130 g/mol. The van der Waals surface area contributed by atoms with E-state index < -0.39 is 0 Å². The molecule has 2 aliphatic rings. The highest BCUT2D eigenvalue weighted by molar-refractivity contribution is 8.03. The Morgan fingerprint density at radius 1 is 1.56 bits per heavy atom. The monoisotopic (exact) mass is 137 g/mol. The van der Waals surface area contributed by atoms with Gasteiger partial charge in [0, 0.05) is 18.4 Å². The second-order valence-electron chi connectivity index (χ2n) is 2.06. The van der Waals surface area contributed by atoms with Crippen LogP contribution in [-0.4, -0.2) is 12.0 Å².